The van der Waals surface area contributed by atoms with Gasteiger partial charge in [-0.25, -0.2) is 0 Å². The van der Waals surface area contributed by atoms with Crippen LogP contribution in [0.5, 0.6) is 5.75 Å². The molecule has 0 saturated heterocycles. The maximum absolute atomic E-state index is 12.0. The van der Waals surface area contributed by atoms with E-state index in [4.69, 9.17) is 16.3 Å². The summed E-state index contributed by atoms with van der Waals surface area (Å²) in [6.45, 7) is 2.62. The molecule has 6 nitrogen and oxygen atoms in total. The highest BCUT2D eigenvalue weighted by atomic mass is 79.9. The number of nitrogens with one attached hydrogen (secondary N) is 3. The molecule has 8 heteroatoms. The molecule has 0 saturated carbocycles. The van der Waals surface area contributed by atoms with E-state index in [0.29, 0.717) is 17.3 Å². The molecule has 28 heavy (non-hydrogen) atoms. The minimum atomic E-state index is -0.150. The molecule has 3 N–H and O–H groups in total. The third kappa shape index (κ3) is 7.05. The lowest BCUT2D eigenvalue weighted by molar-refractivity contribution is -0.121. The molecule has 0 aliphatic carbocycles. The molecule has 0 aliphatic rings. The molecule has 0 bridgehead atoms. The smallest absolute Gasteiger partial charge is 0.226 e. The lowest BCUT2D eigenvalue weighted by atomic mass is 10.2. The number of methoxy groups -OCH3 is 1. The molecule has 0 unspecified atom stereocenters. The van der Waals surface area contributed by atoms with Crippen LogP contribution < -0.4 is 20.7 Å². The molecule has 150 valence electrons. The van der Waals surface area contributed by atoms with Gasteiger partial charge < -0.3 is 20.7 Å². The molecule has 0 heterocycles. The lowest BCUT2D eigenvalue weighted by Crippen LogP contribution is -2.29. The van der Waals surface area contributed by atoms with Crippen molar-refractivity contribution in [2.24, 2.45) is 0 Å². The standard InChI is InChI=1S/C20H23BrClN3O3/c1-13-3-4-14(21)11-16(13)25-20(27)8-10-24-19(26)7-9-23-17-12-15(22)5-6-18(17)28-2/h3-6,11-12,23H,7-10H2,1-2H3,(H,24,26)(H,25,27). The first-order chi connectivity index (χ1) is 13.4. The fourth-order valence-electron chi connectivity index (χ4n) is 2.47. The van der Waals surface area contributed by atoms with Gasteiger partial charge in [0.05, 0.1) is 12.8 Å². The van der Waals surface area contributed by atoms with E-state index in [9.17, 15) is 9.59 Å². The summed E-state index contributed by atoms with van der Waals surface area (Å²) in [5.74, 6) is 0.368. The second-order valence-corrected chi connectivity index (χ2v) is 7.48. The van der Waals surface area contributed by atoms with Crippen molar-refractivity contribution >= 4 is 50.7 Å². The second-order valence-electron chi connectivity index (χ2n) is 6.13. The summed E-state index contributed by atoms with van der Waals surface area (Å²) in [7, 11) is 1.57. The quantitative estimate of drug-likeness (QED) is 0.511. The van der Waals surface area contributed by atoms with Crippen LogP contribution in [-0.2, 0) is 9.59 Å². The normalized spacial score (nSPS) is 10.3. The van der Waals surface area contributed by atoms with Gasteiger partial charge in [-0.05, 0) is 42.8 Å². The molecule has 0 radical (unpaired) electrons. The van der Waals surface area contributed by atoms with Crippen LogP contribution in [0.15, 0.2) is 40.9 Å². The average Bonchev–Trinajstić information content (AvgIpc) is 2.65. The Labute approximate surface area is 178 Å². The summed E-state index contributed by atoms with van der Waals surface area (Å²) in [5.41, 5.74) is 2.46. The first-order valence-corrected chi connectivity index (χ1v) is 9.96. The number of carbonyl (C=O) groups excluding carboxylic acids is 2. The van der Waals surface area contributed by atoms with Gasteiger partial charge in [-0.2, -0.15) is 0 Å². The van der Waals surface area contributed by atoms with Crippen molar-refractivity contribution in [1.29, 1.82) is 0 Å². The van der Waals surface area contributed by atoms with Gasteiger partial charge in [-0.3, -0.25) is 9.59 Å². The number of hydrogen-bond donors (Lipinski definition) is 3. The molecular formula is C20H23BrClN3O3. The predicted molar refractivity (Wildman–Crippen MR) is 116 cm³/mol. The van der Waals surface area contributed by atoms with Gasteiger partial charge >= 0.3 is 0 Å². The molecule has 0 aliphatic heterocycles. The van der Waals surface area contributed by atoms with Gasteiger partial charge in [0.2, 0.25) is 11.8 Å². The number of carbonyl (C=O) groups is 2. The summed E-state index contributed by atoms with van der Waals surface area (Å²) in [4.78, 5) is 24.0. The van der Waals surface area contributed by atoms with E-state index in [1.165, 1.54) is 0 Å². The molecule has 0 spiro atoms. The zero-order chi connectivity index (χ0) is 20.5. The minimum Gasteiger partial charge on any atom is -0.495 e. The van der Waals surface area contributed by atoms with Crippen LogP contribution in [0.3, 0.4) is 0 Å². The van der Waals surface area contributed by atoms with E-state index in [1.54, 1.807) is 25.3 Å². The molecule has 0 aromatic heterocycles. The van der Waals surface area contributed by atoms with Crippen LogP contribution in [0, 0.1) is 6.92 Å². The number of rotatable bonds is 9. The van der Waals surface area contributed by atoms with E-state index in [-0.39, 0.29) is 31.2 Å². The Morgan fingerprint density at radius 1 is 1.04 bits per heavy atom. The Hall–Kier alpha value is -2.25. The van der Waals surface area contributed by atoms with Crippen molar-refractivity contribution in [3.8, 4) is 5.75 Å². The Morgan fingerprint density at radius 2 is 1.79 bits per heavy atom. The topological polar surface area (TPSA) is 79.5 Å². The number of hydrogen-bond acceptors (Lipinski definition) is 4. The molecule has 2 aromatic rings. The van der Waals surface area contributed by atoms with Gasteiger partial charge in [-0.15, -0.1) is 0 Å². The van der Waals surface area contributed by atoms with Crippen LogP contribution in [0.25, 0.3) is 0 Å². The van der Waals surface area contributed by atoms with E-state index in [1.807, 2.05) is 25.1 Å². The number of anilines is 2. The molecule has 2 amide bonds. The predicted octanol–water partition coefficient (Wildman–Crippen LogP) is 4.37. The van der Waals surface area contributed by atoms with Crippen LogP contribution in [0.4, 0.5) is 11.4 Å². The fraction of sp³-hybridized carbons (Fsp3) is 0.300. The molecular weight excluding hydrogens is 446 g/mol. The average molecular weight is 469 g/mol. The Balaban J connectivity index is 1.69. The van der Waals surface area contributed by atoms with E-state index in [2.05, 4.69) is 31.9 Å². The summed E-state index contributed by atoms with van der Waals surface area (Å²) in [6, 6.07) is 10.9. The van der Waals surface area contributed by atoms with Crippen molar-refractivity contribution < 1.29 is 14.3 Å². The number of amides is 2. The van der Waals surface area contributed by atoms with Crippen molar-refractivity contribution in [1.82, 2.24) is 5.32 Å². The molecule has 0 fully saturated rings. The monoisotopic (exact) mass is 467 g/mol. The maximum atomic E-state index is 12.0. The first-order valence-electron chi connectivity index (χ1n) is 8.79. The van der Waals surface area contributed by atoms with Crippen molar-refractivity contribution in [3.63, 3.8) is 0 Å². The third-order valence-electron chi connectivity index (χ3n) is 3.98. The molecule has 2 rings (SSSR count). The summed E-state index contributed by atoms with van der Waals surface area (Å²) >= 11 is 9.36. The van der Waals surface area contributed by atoms with Gasteiger partial charge in [0.1, 0.15) is 5.75 Å². The van der Waals surface area contributed by atoms with Crippen molar-refractivity contribution in [3.05, 3.63) is 51.5 Å². The van der Waals surface area contributed by atoms with Crippen LogP contribution in [0.1, 0.15) is 18.4 Å². The molecule has 0 atom stereocenters. The number of benzene rings is 2. The van der Waals surface area contributed by atoms with Gasteiger partial charge in [0.25, 0.3) is 0 Å². The van der Waals surface area contributed by atoms with Crippen molar-refractivity contribution in [2.75, 3.05) is 30.8 Å². The van der Waals surface area contributed by atoms with Gasteiger partial charge in [-0.1, -0.05) is 33.6 Å². The zero-order valence-electron chi connectivity index (χ0n) is 15.8. The van der Waals surface area contributed by atoms with E-state index < -0.39 is 0 Å². The summed E-state index contributed by atoms with van der Waals surface area (Å²) < 4.78 is 6.14. The minimum absolute atomic E-state index is 0.139. The lowest BCUT2D eigenvalue weighted by Gasteiger charge is -2.12. The van der Waals surface area contributed by atoms with Crippen LogP contribution in [0.2, 0.25) is 5.02 Å². The number of halogens is 2. The van der Waals surface area contributed by atoms with Gasteiger partial charge in [0, 0.05) is 41.1 Å². The number of ether oxygens (including phenoxy) is 1. The number of aryl methyl sites for hydroxylation is 1. The van der Waals surface area contributed by atoms with Gasteiger partial charge in [0.15, 0.2) is 0 Å². The molecule has 2 aromatic carbocycles. The van der Waals surface area contributed by atoms with E-state index >= 15 is 0 Å². The third-order valence-corrected chi connectivity index (χ3v) is 4.71. The highest BCUT2D eigenvalue weighted by molar-refractivity contribution is 9.10. The summed E-state index contributed by atoms with van der Waals surface area (Å²) in [5, 5.41) is 9.30. The Bertz CT molecular complexity index is 845. The maximum Gasteiger partial charge on any atom is 0.226 e. The Morgan fingerprint density at radius 3 is 2.54 bits per heavy atom. The first kappa shape index (κ1) is 22.0. The SMILES string of the molecule is COc1ccc(Cl)cc1NCCC(=O)NCCC(=O)Nc1cc(Br)ccc1C. The second kappa shape index (κ2) is 10.9. The highest BCUT2D eigenvalue weighted by Gasteiger charge is 2.08. The largest absolute Gasteiger partial charge is 0.495 e. The van der Waals surface area contributed by atoms with Crippen molar-refractivity contribution in [2.45, 2.75) is 19.8 Å². The zero-order valence-corrected chi connectivity index (χ0v) is 18.1. The van der Waals surface area contributed by atoms with Crippen LogP contribution in [-0.4, -0.2) is 32.0 Å². The van der Waals surface area contributed by atoms with Crippen LogP contribution >= 0.6 is 27.5 Å². The highest BCUT2D eigenvalue weighted by Crippen LogP contribution is 2.27. The Kier molecular flexibility index (Phi) is 8.60. The summed E-state index contributed by atoms with van der Waals surface area (Å²) in [6.07, 6.45) is 0.468. The fourth-order valence-corrected chi connectivity index (χ4v) is 3.01. The van der Waals surface area contributed by atoms with E-state index in [0.717, 1.165) is 21.4 Å².